The lowest BCUT2D eigenvalue weighted by Crippen LogP contribution is -2.09. The number of hydrogen-bond acceptors (Lipinski definition) is 3. The molecule has 1 unspecified atom stereocenters. The molecule has 0 radical (unpaired) electrons. The highest BCUT2D eigenvalue weighted by molar-refractivity contribution is 7.10. The molecule has 0 aliphatic carbocycles. The van der Waals surface area contributed by atoms with Gasteiger partial charge in [0.1, 0.15) is 6.10 Å². The van der Waals surface area contributed by atoms with Crippen LogP contribution in [0.1, 0.15) is 30.0 Å². The van der Waals surface area contributed by atoms with E-state index in [-0.39, 0.29) is 0 Å². The van der Waals surface area contributed by atoms with Gasteiger partial charge in [-0.05, 0) is 23.9 Å². The summed E-state index contributed by atoms with van der Waals surface area (Å²) in [5.41, 5.74) is 0.797. The van der Waals surface area contributed by atoms with E-state index < -0.39 is 6.10 Å². The third-order valence-electron chi connectivity index (χ3n) is 2.36. The number of aryl methyl sites for hydroxylation is 1. The summed E-state index contributed by atoms with van der Waals surface area (Å²) < 4.78 is 1.82. The van der Waals surface area contributed by atoms with E-state index in [1.54, 1.807) is 12.3 Å². The Morgan fingerprint density at radius 1 is 1.56 bits per heavy atom. The Morgan fingerprint density at radius 3 is 3.00 bits per heavy atom. The van der Waals surface area contributed by atoms with Crippen LogP contribution in [0.15, 0.2) is 23.7 Å². The van der Waals surface area contributed by atoms with Crippen LogP contribution in [-0.4, -0.2) is 14.9 Å². The number of nitrogens with zero attached hydrogens (tertiary/aromatic N) is 2. The molecule has 2 heterocycles. The van der Waals surface area contributed by atoms with Crippen molar-refractivity contribution < 1.29 is 5.11 Å². The van der Waals surface area contributed by atoms with Crippen LogP contribution in [0, 0.1) is 0 Å². The number of rotatable bonds is 4. The molecular weight excluding hydrogens is 244 g/mol. The summed E-state index contributed by atoms with van der Waals surface area (Å²) in [5, 5.41) is 16.9. The van der Waals surface area contributed by atoms with Gasteiger partial charge in [0, 0.05) is 12.7 Å². The van der Waals surface area contributed by atoms with Crippen LogP contribution >= 0.6 is 22.9 Å². The van der Waals surface area contributed by atoms with E-state index in [1.165, 1.54) is 11.3 Å². The highest BCUT2D eigenvalue weighted by Crippen LogP contribution is 2.32. The molecule has 0 aliphatic rings. The van der Waals surface area contributed by atoms with Crippen molar-refractivity contribution in [3.05, 3.63) is 39.3 Å². The van der Waals surface area contributed by atoms with Crippen molar-refractivity contribution in [1.82, 2.24) is 9.78 Å². The van der Waals surface area contributed by atoms with Gasteiger partial charge in [-0.25, -0.2) is 0 Å². The number of thiophene rings is 1. The minimum absolute atomic E-state index is 0.613. The predicted octanol–water partition coefficient (Wildman–Crippen LogP) is 3.09. The first kappa shape index (κ1) is 11.6. The maximum atomic E-state index is 10.2. The Bertz CT molecular complexity index is 466. The molecule has 0 aliphatic heterocycles. The first-order chi connectivity index (χ1) is 7.74. The lowest BCUT2D eigenvalue weighted by Gasteiger charge is -2.11. The van der Waals surface area contributed by atoms with Gasteiger partial charge in [-0.1, -0.05) is 18.5 Å². The Morgan fingerprint density at radius 2 is 2.38 bits per heavy atom. The summed E-state index contributed by atoms with van der Waals surface area (Å²) in [6, 6.07) is 3.63. The Labute approximate surface area is 103 Å². The monoisotopic (exact) mass is 256 g/mol. The van der Waals surface area contributed by atoms with Crippen LogP contribution in [0.4, 0.5) is 0 Å². The first-order valence-corrected chi connectivity index (χ1v) is 6.42. The van der Waals surface area contributed by atoms with Crippen LogP contribution in [0.5, 0.6) is 0 Å². The maximum absolute atomic E-state index is 10.2. The zero-order valence-electron chi connectivity index (χ0n) is 8.93. The van der Waals surface area contributed by atoms with Crippen LogP contribution in [-0.2, 0) is 6.54 Å². The standard InChI is InChI=1S/C11H13ClN2OS/c1-2-6-14-9(3-5-13-14)10(15)11-8(12)4-7-16-11/h3-5,7,10,15H,2,6H2,1H3. The van der Waals surface area contributed by atoms with Crippen LogP contribution in [0.2, 0.25) is 5.02 Å². The number of halogens is 1. The largest absolute Gasteiger partial charge is 0.381 e. The minimum Gasteiger partial charge on any atom is -0.381 e. The topological polar surface area (TPSA) is 38.0 Å². The fraction of sp³-hybridized carbons (Fsp3) is 0.364. The van der Waals surface area contributed by atoms with Crippen molar-refractivity contribution in [2.75, 3.05) is 0 Å². The molecule has 0 bridgehead atoms. The number of hydrogen-bond donors (Lipinski definition) is 1. The number of aliphatic hydroxyl groups excluding tert-OH is 1. The second kappa shape index (κ2) is 4.99. The Hall–Kier alpha value is -0.840. The zero-order valence-corrected chi connectivity index (χ0v) is 10.5. The van der Waals surface area contributed by atoms with E-state index in [1.807, 2.05) is 16.1 Å². The maximum Gasteiger partial charge on any atom is 0.131 e. The van der Waals surface area contributed by atoms with Crippen LogP contribution < -0.4 is 0 Å². The molecule has 2 aromatic heterocycles. The van der Waals surface area contributed by atoms with Crippen molar-refractivity contribution in [3.8, 4) is 0 Å². The van der Waals surface area contributed by atoms with Crippen molar-refractivity contribution in [2.45, 2.75) is 26.0 Å². The molecule has 0 aromatic carbocycles. The predicted molar refractivity (Wildman–Crippen MR) is 65.9 cm³/mol. The molecular formula is C11H13ClN2OS. The number of aromatic nitrogens is 2. The summed E-state index contributed by atoms with van der Waals surface area (Å²) in [5.74, 6) is 0. The smallest absolute Gasteiger partial charge is 0.131 e. The van der Waals surface area contributed by atoms with E-state index in [0.29, 0.717) is 5.02 Å². The zero-order chi connectivity index (χ0) is 11.5. The molecule has 16 heavy (non-hydrogen) atoms. The fourth-order valence-electron chi connectivity index (χ4n) is 1.61. The van der Waals surface area contributed by atoms with Crippen molar-refractivity contribution in [3.63, 3.8) is 0 Å². The van der Waals surface area contributed by atoms with E-state index in [4.69, 9.17) is 11.6 Å². The Balaban J connectivity index is 2.30. The SMILES string of the molecule is CCCn1nccc1C(O)c1sccc1Cl. The van der Waals surface area contributed by atoms with E-state index in [2.05, 4.69) is 12.0 Å². The molecule has 86 valence electrons. The normalized spacial score (nSPS) is 12.9. The molecule has 0 spiro atoms. The van der Waals surface area contributed by atoms with Gasteiger partial charge in [-0.2, -0.15) is 5.10 Å². The van der Waals surface area contributed by atoms with Crippen LogP contribution in [0.25, 0.3) is 0 Å². The van der Waals surface area contributed by atoms with Gasteiger partial charge in [-0.15, -0.1) is 11.3 Å². The van der Waals surface area contributed by atoms with Gasteiger partial charge < -0.3 is 5.11 Å². The molecule has 1 N–H and O–H groups in total. The first-order valence-electron chi connectivity index (χ1n) is 5.16. The van der Waals surface area contributed by atoms with Gasteiger partial charge in [0.05, 0.1) is 15.6 Å². The van der Waals surface area contributed by atoms with E-state index in [0.717, 1.165) is 23.5 Å². The van der Waals surface area contributed by atoms with Gasteiger partial charge in [-0.3, -0.25) is 4.68 Å². The lowest BCUT2D eigenvalue weighted by molar-refractivity contribution is 0.211. The molecule has 2 aromatic rings. The van der Waals surface area contributed by atoms with Gasteiger partial charge >= 0.3 is 0 Å². The van der Waals surface area contributed by atoms with Gasteiger partial charge in [0.2, 0.25) is 0 Å². The van der Waals surface area contributed by atoms with E-state index in [9.17, 15) is 5.11 Å². The van der Waals surface area contributed by atoms with Gasteiger partial charge in [0.25, 0.3) is 0 Å². The fourth-order valence-corrected chi connectivity index (χ4v) is 2.76. The Kier molecular flexibility index (Phi) is 3.63. The molecule has 0 amide bonds. The lowest BCUT2D eigenvalue weighted by atomic mass is 10.2. The molecule has 1 atom stereocenters. The highest BCUT2D eigenvalue weighted by atomic mass is 35.5. The minimum atomic E-state index is -0.679. The highest BCUT2D eigenvalue weighted by Gasteiger charge is 2.18. The third-order valence-corrected chi connectivity index (χ3v) is 3.77. The summed E-state index contributed by atoms with van der Waals surface area (Å²) >= 11 is 7.46. The average Bonchev–Trinajstić information content (AvgIpc) is 2.87. The molecule has 5 heteroatoms. The van der Waals surface area contributed by atoms with Crippen molar-refractivity contribution in [1.29, 1.82) is 0 Å². The molecule has 2 rings (SSSR count). The molecule has 0 saturated carbocycles. The summed E-state index contributed by atoms with van der Waals surface area (Å²) in [6.07, 6.45) is 2.01. The van der Waals surface area contributed by atoms with Crippen molar-refractivity contribution >= 4 is 22.9 Å². The summed E-state index contributed by atoms with van der Waals surface area (Å²) in [4.78, 5) is 0.777. The molecule has 3 nitrogen and oxygen atoms in total. The van der Waals surface area contributed by atoms with Gasteiger partial charge in [0.15, 0.2) is 0 Å². The molecule has 0 saturated heterocycles. The summed E-state index contributed by atoms with van der Waals surface area (Å²) in [7, 11) is 0. The second-order valence-electron chi connectivity index (χ2n) is 3.51. The van der Waals surface area contributed by atoms with Crippen molar-refractivity contribution in [2.24, 2.45) is 0 Å². The molecule has 0 fully saturated rings. The second-order valence-corrected chi connectivity index (χ2v) is 4.87. The van der Waals surface area contributed by atoms with Crippen LogP contribution in [0.3, 0.4) is 0 Å². The van der Waals surface area contributed by atoms with E-state index >= 15 is 0 Å². The number of aliphatic hydroxyl groups is 1. The third kappa shape index (κ3) is 2.14. The summed E-state index contributed by atoms with van der Waals surface area (Å²) in [6.45, 7) is 2.89. The average molecular weight is 257 g/mol. The quantitative estimate of drug-likeness (QED) is 0.913.